The maximum Gasteiger partial charge on any atom is 0.328 e. The van der Waals surface area contributed by atoms with Crippen LogP contribution in [0, 0.1) is 0 Å². The van der Waals surface area contributed by atoms with Crippen molar-refractivity contribution in [3.8, 4) is 0 Å². The molecule has 0 fully saturated rings. The van der Waals surface area contributed by atoms with E-state index in [0.29, 0.717) is 4.90 Å². The number of rotatable bonds is 7. The van der Waals surface area contributed by atoms with Crippen molar-refractivity contribution in [3.63, 3.8) is 0 Å². The van der Waals surface area contributed by atoms with E-state index in [1.54, 1.807) is 0 Å². The summed E-state index contributed by atoms with van der Waals surface area (Å²) >= 11 is 0. The third-order valence-corrected chi connectivity index (χ3v) is 2.16. The topological polar surface area (TPSA) is 142 Å². The van der Waals surface area contributed by atoms with Crippen molar-refractivity contribution in [2.45, 2.75) is 6.04 Å². The van der Waals surface area contributed by atoms with Crippen LogP contribution in [0.2, 0.25) is 0 Å². The van der Waals surface area contributed by atoms with Crippen LogP contribution in [0.15, 0.2) is 0 Å². The molecule has 0 spiro atoms. The van der Waals surface area contributed by atoms with Crippen LogP contribution in [-0.4, -0.2) is 79.0 Å². The second-order valence-corrected chi connectivity index (χ2v) is 3.53. The molecule has 0 aliphatic carbocycles. The van der Waals surface area contributed by atoms with E-state index >= 15 is 0 Å². The predicted molar refractivity (Wildman–Crippen MR) is 62.6 cm³/mol. The van der Waals surface area contributed by atoms with E-state index in [4.69, 9.17) is 10.2 Å². The van der Waals surface area contributed by atoms with E-state index in [9.17, 15) is 19.2 Å². The number of ether oxygens (including phenoxy) is 2. The molecule has 0 aromatic heterocycles. The van der Waals surface area contributed by atoms with Gasteiger partial charge in [-0.2, -0.15) is 0 Å². The second-order valence-electron chi connectivity index (χ2n) is 3.53. The molecule has 0 bridgehead atoms. The summed E-state index contributed by atoms with van der Waals surface area (Å²) in [6, 6.07) is -2.58. The number of carbonyl (C=O) groups is 4. The zero-order valence-corrected chi connectivity index (χ0v) is 11.0. The van der Waals surface area contributed by atoms with Gasteiger partial charge in [-0.25, -0.2) is 9.59 Å². The van der Waals surface area contributed by atoms with Crippen LogP contribution in [0.25, 0.3) is 0 Å². The van der Waals surface area contributed by atoms with Crippen LogP contribution in [-0.2, 0) is 23.9 Å². The fourth-order valence-electron chi connectivity index (χ4n) is 1.07. The molecule has 1 atom stereocenters. The molecule has 0 aromatic rings. The highest BCUT2D eigenvalue weighted by atomic mass is 16.5. The second kappa shape index (κ2) is 8.69. The van der Waals surface area contributed by atoms with Gasteiger partial charge in [0, 0.05) is 0 Å². The first-order chi connectivity index (χ1) is 9.35. The summed E-state index contributed by atoms with van der Waals surface area (Å²) in [5, 5.41) is 19.4. The summed E-state index contributed by atoms with van der Waals surface area (Å²) in [7, 11) is 2.18. The average Bonchev–Trinajstić information content (AvgIpc) is 2.42. The van der Waals surface area contributed by atoms with Gasteiger partial charge in [-0.15, -0.1) is 0 Å². The highest BCUT2D eigenvalue weighted by Crippen LogP contribution is 1.95. The zero-order chi connectivity index (χ0) is 15.7. The number of nitrogens with one attached hydrogen (secondary N) is 1. The largest absolute Gasteiger partial charge is 0.480 e. The summed E-state index contributed by atoms with van der Waals surface area (Å²) in [6.45, 7) is -1.99. The Morgan fingerprint density at radius 3 is 1.85 bits per heavy atom. The third kappa shape index (κ3) is 6.00. The number of carbonyl (C=O) groups excluding carboxylic acids is 3. The molecule has 10 nitrogen and oxygen atoms in total. The number of methoxy groups -OCH3 is 2. The monoisotopic (exact) mass is 292 g/mol. The molecular formula is C10H16N2O8. The summed E-state index contributed by atoms with van der Waals surface area (Å²) in [4.78, 5) is 45.4. The molecule has 114 valence electrons. The van der Waals surface area contributed by atoms with Crippen LogP contribution in [0.1, 0.15) is 0 Å². The molecule has 0 aliphatic heterocycles. The Labute approximate surface area is 114 Å². The maximum atomic E-state index is 11.7. The number of carboxylic acid groups (broad SMARTS) is 1. The summed E-state index contributed by atoms with van der Waals surface area (Å²) in [5.41, 5.74) is 0. The number of aliphatic carboxylic acids is 1. The van der Waals surface area contributed by atoms with E-state index in [0.717, 1.165) is 14.2 Å². The van der Waals surface area contributed by atoms with Gasteiger partial charge in [0.15, 0.2) is 6.04 Å². The molecule has 0 rings (SSSR count). The predicted octanol–water partition coefficient (Wildman–Crippen LogP) is -2.21. The first-order valence-electron chi connectivity index (χ1n) is 5.38. The van der Waals surface area contributed by atoms with Gasteiger partial charge in [0.2, 0.25) is 0 Å². The summed E-state index contributed by atoms with van der Waals surface area (Å²) in [5.74, 6) is -3.07. The quantitative estimate of drug-likeness (QED) is 0.448. The SMILES string of the molecule is COC(=O)CN(CC(=O)OC)C(=O)N[C@@H](CO)C(=O)O. The lowest BCUT2D eigenvalue weighted by atomic mass is 10.3. The molecule has 0 unspecified atom stereocenters. The Kier molecular flexibility index (Phi) is 7.67. The molecule has 10 heteroatoms. The zero-order valence-electron chi connectivity index (χ0n) is 11.0. The first kappa shape index (κ1) is 17.6. The van der Waals surface area contributed by atoms with Gasteiger partial charge in [-0.3, -0.25) is 9.59 Å². The van der Waals surface area contributed by atoms with Gasteiger partial charge in [0.1, 0.15) is 13.1 Å². The Morgan fingerprint density at radius 2 is 1.55 bits per heavy atom. The lowest BCUT2D eigenvalue weighted by Gasteiger charge is -2.22. The van der Waals surface area contributed by atoms with E-state index in [1.807, 2.05) is 5.32 Å². The number of urea groups is 1. The molecule has 0 aromatic carbocycles. The summed E-state index contributed by atoms with van der Waals surface area (Å²) in [6.07, 6.45) is 0. The molecule has 0 heterocycles. The van der Waals surface area contributed by atoms with Crippen LogP contribution in [0.5, 0.6) is 0 Å². The van der Waals surface area contributed by atoms with Crippen LogP contribution in [0.3, 0.4) is 0 Å². The van der Waals surface area contributed by atoms with Crippen molar-refractivity contribution in [3.05, 3.63) is 0 Å². The Balaban J connectivity index is 4.81. The molecule has 3 N–H and O–H groups in total. The number of esters is 2. The van der Waals surface area contributed by atoms with Gasteiger partial charge in [0.05, 0.1) is 20.8 Å². The number of carboxylic acids is 1. The standard InChI is InChI=1S/C10H16N2O8/c1-19-7(14)3-12(4-8(15)20-2)10(18)11-6(5-13)9(16)17/h6,13H,3-5H2,1-2H3,(H,11,18)(H,16,17)/t6-/m0/s1. The molecule has 0 radical (unpaired) electrons. The fraction of sp³-hybridized carbons (Fsp3) is 0.600. The smallest absolute Gasteiger partial charge is 0.328 e. The fourth-order valence-corrected chi connectivity index (χ4v) is 1.07. The van der Waals surface area contributed by atoms with Crippen LogP contribution < -0.4 is 5.32 Å². The molecule has 0 saturated heterocycles. The summed E-state index contributed by atoms with van der Waals surface area (Å²) < 4.78 is 8.69. The molecule has 20 heavy (non-hydrogen) atoms. The number of hydrogen-bond donors (Lipinski definition) is 3. The van der Waals surface area contributed by atoms with E-state index in [2.05, 4.69) is 9.47 Å². The minimum atomic E-state index is -1.56. The number of aliphatic hydroxyl groups excluding tert-OH is 1. The normalized spacial score (nSPS) is 11.2. The van der Waals surface area contributed by atoms with Crippen molar-refractivity contribution in [2.24, 2.45) is 0 Å². The van der Waals surface area contributed by atoms with Crippen LogP contribution >= 0.6 is 0 Å². The van der Waals surface area contributed by atoms with Crippen molar-refractivity contribution in [1.82, 2.24) is 10.2 Å². The van der Waals surface area contributed by atoms with Gasteiger partial charge in [-0.05, 0) is 0 Å². The van der Waals surface area contributed by atoms with Gasteiger partial charge >= 0.3 is 23.9 Å². The van der Waals surface area contributed by atoms with Crippen LogP contribution in [0.4, 0.5) is 4.79 Å². The number of hydrogen-bond acceptors (Lipinski definition) is 7. The number of aliphatic hydroxyl groups is 1. The van der Waals surface area contributed by atoms with Gasteiger partial charge in [-0.1, -0.05) is 0 Å². The molecule has 0 saturated carbocycles. The van der Waals surface area contributed by atoms with Gasteiger partial charge < -0.3 is 29.9 Å². The number of nitrogens with zero attached hydrogens (tertiary/aromatic N) is 1. The van der Waals surface area contributed by atoms with Crippen molar-refractivity contribution >= 4 is 23.9 Å². The Hall–Kier alpha value is -2.36. The highest BCUT2D eigenvalue weighted by molar-refractivity contribution is 5.87. The number of amides is 2. The molecular weight excluding hydrogens is 276 g/mol. The Bertz CT molecular complexity index is 365. The van der Waals surface area contributed by atoms with Gasteiger partial charge in [0.25, 0.3) is 0 Å². The minimum Gasteiger partial charge on any atom is -0.480 e. The van der Waals surface area contributed by atoms with E-state index < -0.39 is 49.7 Å². The minimum absolute atomic E-state index is 0.574. The van der Waals surface area contributed by atoms with Crippen molar-refractivity contribution in [2.75, 3.05) is 33.9 Å². The van der Waals surface area contributed by atoms with E-state index in [1.165, 1.54) is 0 Å². The lowest BCUT2D eigenvalue weighted by molar-refractivity contribution is -0.144. The van der Waals surface area contributed by atoms with E-state index in [-0.39, 0.29) is 0 Å². The Morgan fingerprint density at radius 1 is 1.10 bits per heavy atom. The third-order valence-electron chi connectivity index (χ3n) is 2.16. The lowest BCUT2D eigenvalue weighted by Crippen LogP contribution is -2.52. The first-order valence-corrected chi connectivity index (χ1v) is 5.38. The van der Waals surface area contributed by atoms with Crippen molar-refractivity contribution < 1.29 is 38.9 Å². The molecule has 2 amide bonds. The highest BCUT2D eigenvalue weighted by Gasteiger charge is 2.25. The average molecular weight is 292 g/mol. The molecule has 0 aliphatic rings. The maximum absolute atomic E-state index is 11.7. The van der Waals surface area contributed by atoms with Crippen molar-refractivity contribution in [1.29, 1.82) is 0 Å².